The zero-order valence-corrected chi connectivity index (χ0v) is 49.3. The molecule has 2 aliphatic carbocycles. The van der Waals surface area contributed by atoms with Crippen LogP contribution in [0.25, 0.3) is 11.4 Å². The quantitative estimate of drug-likeness (QED) is 0.0463. The number of hydrogen-bond donors (Lipinski definition) is 5. The van der Waals surface area contributed by atoms with E-state index in [0.717, 1.165) is 70.2 Å². The standard InChI is InChI=1S/C36H41FN4O4.C30H32FN5O2.ClH/c1-23-19-33(41(40-23)28-8-6-7-25(20-28)22-38-35(43)45-36(2,3)4)34(42)39-32-21-27(14-18-31(32)37)30(17-11-24-9-10-24)26-12-15-29(44-5)16-13-26;1-19-14-28(36(35-19)24-5-3-4-21(15-24)17-32)30(37)34-27-16-23(10-13-26(27)31)29(33-18-20-6-7-20)22-8-11-25(38-2)12-9-22;/h6-8,12-16,18-21,24,30H,9-11,17,22H2,1-5H3,(H,38,43)(H,39,42);3-5,8-16,20,29,33H,6-7,17-18,32H2,1-2H3,(H,34,37);1H. The summed E-state index contributed by atoms with van der Waals surface area (Å²) in [5.41, 5.74) is 14.3. The van der Waals surface area contributed by atoms with E-state index in [2.05, 4.69) is 43.6 Å². The van der Waals surface area contributed by atoms with E-state index in [-0.39, 0.29) is 48.0 Å². The third-order valence-electron chi connectivity index (χ3n) is 14.6. The van der Waals surface area contributed by atoms with Crippen molar-refractivity contribution in [1.29, 1.82) is 0 Å². The molecule has 15 nitrogen and oxygen atoms in total. The number of nitrogens with two attached hydrogens (primary N) is 1. The lowest BCUT2D eigenvalue weighted by molar-refractivity contribution is 0.0523. The van der Waals surface area contributed by atoms with Gasteiger partial charge in [0.1, 0.15) is 40.1 Å². The van der Waals surface area contributed by atoms with Gasteiger partial charge in [-0.3, -0.25) is 9.59 Å². The van der Waals surface area contributed by atoms with Crippen molar-refractivity contribution in [2.24, 2.45) is 17.6 Å². The lowest BCUT2D eigenvalue weighted by Gasteiger charge is -2.21. The summed E-state index contributed by atoms with van der Waals surface area (Å²) in [6.45, 7) is 10.5. The molecule has 10 rings (SSSR count). The third-order valence-corrected chi connectivity index (χ3v) is 14.6. The molecule has 2 saturated carbocycles. The van der Waals surface area contributed by atoms with Crippen molar-refractivity contribution in [3.05, 3.63) is 213 Å². The first-order chi connectivity index (χ1) is 39.9. The van der Waals surface area contributed by atoms with Gasteiger partial charge in [-0.2, -0.15) is 10.2 Å². The van der Waals surface area contributed by atoms with E-state index in [4.69, 9.17) is 19.9 Å². The summed E-state index contributed by atoms with van der Waals surface area (Å²) in [4.78, 5) is 39.1. The Balaban J connectivity index is 0.000000219. The number of aromatic nitrogens is 4. The van der Waals surface area contributed by atoms with Gasteiger partial charge in [0.25, 0.3) is 11.8 Å². The fourth-order valence-corrected chi connectivity index (χ4v) is 9.87. The van der Waals surface area contributed by atoms with Crippen molar-refractivity contribution in [3.63, 3.8) is 0 Å². The van der Waals surface area contributed by atoms with Gasteiger partial charge in [-0.15, -0.1) is 12.4 Å². The number of aryl methyl sites for hydroxylation is 2. The van der Waals surface area contributed by atoms with Gasteiger partial charge in [-0.05, 0) is 197 Å². The van der Waals surface area contributed by atoms with Crippen molar-refractivity contribution in [1.82, 2.24) is 30.2 Å². The van der Waals surface area contributed by atoms with Crippen LogP contribution in [0.2, 0.25) is 0 Å². The smallest absolute Gasteiger partial charge is 0.407 e. The molecule has 3 amide bonds. The molecule has 0 radical (unpaired) electrons. The molecule has 6 aromatic carbocycles. The predicted molar refractivity (Wildman–Crippen MR) is 326 cm³/mol. The molecule has 6 N–H and O–H groups in total. The molecule has 2 aromatic heterocycles. The van der Waals surface area contributed by atoms with Crippen LogP contribution in [0.1, 0.15) is 137 Å². The SMILES string of the molecule is COc1ccc(C(CCC2CC2)c2ccc(F)c(NC(=O)c3cc(C)nn3-c3cccc(CNC(=O)OC(C)(C)C)c3)c2)cc1.COc1ccc(C(NCC2CC2)c2ccc(F)c(NC(=O)c3cc(C)nn3-c3cccc(CN)c3)c2)cc1.Cl. The van der Waals surface area contributed by atoms with Gasteiger partial charge in [0.2, 0.25) is 0 Å². The Hall–Kier alpha value is -8.38. The Morgan fingerprint density at radius 2 is 1.12 bits per heavy atom. The van der Waals surface area contributed by atoms with Gasteiger partial charge in [-0.1, -0.05) is 73.5 Å². The summed E-state index contributed by atoms with van der Waals surface area (Å²) in [5, 5.41) is 21.0. The van der Waals surface area contributed by atoms with Gasteiger partial charge in [0.05, 0.1) is 54.4 Å². The van der Waals surface area contributed by atoms with Crippen LogP contribution in [-0.2, 0) is 17.8 Å². The summed E-state index contributed by atoms with van der Waals surface area (Å²) in [7, 11) is 3.28. The molecule has 440 valence electrons. The number of anilines is 2. The van der Waals surface area contributed by atoms with Crippen LogP contribution >= 0.6 is 12.4 Å². The highest BCUT2D eigenvalue weighted by Crippen LogP contribution is 2.40. The number of methoxy groups -OCH3 is 2. The molecule has 84 heavy (non-hydrogen) atoms. The zero-order chi connectivity index (χ0) is 58.8. The number of hydrogen-bond acceptors (Lipinski definition) is 10. The van der Waals surface area contributed by atoms with E-state index in [9.17, 15) is 18.8 Å². The molecule has 8 aromatic rings. The van der Waals surface area contributed by atoms with Gasteiger partial charge in [0, 0.05) is 19.0 Å². The Morgan fingerprint density at radius 1 is 0.631 bits per heavy atom. The predicted octanol–water partition coefficient (Wildman–Crippen LogP) is 13.5. The summed E-state index contributed by atoms with van der Waals surface area (Å²) >= 11 is 0. The average Bonchev–Trinajstić information content (AvgIpc) is 4.41. The number of alkyl carbamates (subject to hydrolysis) is 1. The minimum absolute atomic E-state index is 0. The van der Waals surface area contributed by atoms with Crippen LogP contribution in [0.4, 0.5) is 25.0 Å². The number of rotatable bonds is 21. The summed E-state index contributed by atoms with van der Waals surface area (Å²) < 4.78 is 49.2. The second-order valence-corrected chi connectivity index (χ2v) is 22.4. The van der Waals surface area contributed by atoms with E-state index >= 15 is 4.39 Å². The van der Waals surface area contributed by atoms with Crippen molar-refractivity contribution >= 4 is 41.7 Å². The third kappa shape index (κ3) is 16.5. The normalized spacial score (nSPS) is 13.5. The minimum atomic E-state index is -0.604. The number of ether oxygens (including phenoxy) is 3. The highest BCUT2D eigenvalue weighted by Gasteiger charge is 2.27. The fourth-order valence-electron chi connectivity index (χ4n) is 9.87. The maximum absolute atomic E-state index is 15.2. The second kappa shape index (κ2) is 27.8. The number of carbonyl (C=O) groups is 3. The van der Waals surface area contributed by atoms with E-state index in [1.54, 1.807) is 83.0 Å². The van der Waals surface area contributed by atoms with Gasteiger partial charge in [0.15, 0.2) is 0 Å². The summed E-state index contributed by atoms with van der Waals surface area (Å²) in [6, 6.07) is 43.7. The summed E-state index contributed by atoms with van der Waals surface area (Å²) in [6.07, 6.45) is 6.46. The first-order valence-electron chi connectivity index (χ1n) is 28.2. The maximum Gasteiger partial charge on any atom is 0.407 e. The molecule has 2 fully saturated rings. The van der Waals surface area contributed by atoms with Gasteiger partial charge >= 0.3 is 6.09 Å². The minimum Gasteiger partial charge on any atom is -0.497 e. The first-order valence-corrected chi connectivity index (χ1v) is 28.2. The Bertz CT molecular complexity index is 3560. The molecule has 0 bridgehead atoms. The number of amides is 3. The van der Waals surface area contributed by atoms with E-state index < -0.39 is 35.1 Å². The topological polar surface area (TPSA) is 189 Å². The van der Waals surface area contributed by atoms with Gasteiger partial charge in [-0.25, -0.2) is 22.9 Å². The maximum atomic E-state index is 15.2. The van der Waals surface area contributed by atoms with Gasteiger partial charge < -0.3 is 41.2 Å². The lowest BCUT2D eigenvalue weighted by atomic mass is 9.86. The molecule has 2 unspecified atom stereocenters. The van der Waals surface area contributed by atoms with Crippen molar-refractivity contribution < 1.29 is 37.4 Å². The second-order valence-electron chi connectivity index (χ2n) is 22.4. The molecule has 0 aliphatic heterocycles. The van der Waals surface area contributed by atoms with Crippen LogP contribution < -0.4 is 36.5 Å². The first kappa shape index (κ1) is 61.7. The largest absolute Gasteiger partial charge is 0.497 e. The average molecular weight is 1160 g/mol. The van der Waals surface area contributed by atoms with Crippen LogP contribution in [0.3, 0.4) is 0 Å². The highest BCUT2D eigenvalue weighted by atomic mass is 35.5. The van der Waals surface area contributed by atoms with Crippen molar-refractivity contribution in [2.75, 3.05) is 31.4 Å². The molecule has 2 atom stereocenters. The molecular formula is C66H74ClF2N9O6. The lowest BCUT2D eigenvalue weighted by Crippen LogP contribution is -2.32. The van der Waals surface area contributed by atoms with Crippen molar-refractivity contribution in [2.45, 2.75) is 104 Å². The Kier molecular flexibility index (Phi) is 20.4. The molecule has 0 spiro atoms. The van der Waals surface area contributed by atoms with Crippen LogP contribution in [0, 0.1) is 37.3 Å². The molecule has 0 saturated heterocycles. The van der Waals surface area contributed by atoms with E-state index in [0.29, 0.717) is 40.9 Å². The zero-order valence-electron chi connectivity index (χ0n) is 48.5. The van der Waals surface area contributed by atoms with Crippen LogP contribution in [-0.4, -0.2) is 63.8 Å². The Labute approximate surface area is 496 Å². The van der Waals surface area contributed by atoms with Crippen LogP contribution in [0.5, 0.6) is 11.5 Å². The van der Waals surface area contributed by atoms with E-state index in [1.807, 2.05) is 91.9 Å². The fraction of sp³-hybridized carbons (Fsp3) is 0.318. The number of nitrogens with zero attached hydrogens (tertiary/aromatic N) is 4. The molecular weight excluding hydrogens is 1090 g/mol. The summed E-state index contributed by atoms with van der Waals surface area (Å²) in [5.74, 6) is 1.06. The number of halogens is 3. The molecule has 2 heterocycles. The number of nitrogens with one attached hydrogen (secondary N) is 4. The number of benzene rings is 6. The van der Waals surface area contributed by atoms with Crippen molar-refractivity contribution in [3.8, 4) is 22.9 Å². The highest BCUT2D eigenvalue weighted by molar-refractivity contribution is 6.04. The Morgan fingerprint density at radius 3 is 1.63 bits per heavy atom. The monoisotopic (exact) mass is 1160 g/mol. The molecule has 18 heteroatoms. The van der Waals surface area contributed by atoms with E-state index in [1.165, 1.54) is 42.5 Å². The molecule has 2 aliphatic rings. The van der Waals surface area contributed by atoms with Crippen LogP contribution in [0.15, 0.2) is 146 Å². The number of carbonyl (C=O) groups excluding carboxylic acids is 3.